The molecule has 2 unspecified atom stereocenters. The summed E-state index contributed by atoms with van der Waals surface area (Å²) in [5, 5.41) is 0. The highest BCUT2D eigenvalue weighted by Gasteiger charge is 2.42. The van der Waals surface area contributed by atoms with Gasteiger partial charge in [0.05, 0.1) is 19.2 Å². The number of rotatable bonds is 11. The van der Waals surface area contributed by atoms with E-state index in [9.17, 15) is 13.2 Å². The van der Waals surface area contributed by atoms with Crippen LogP contribution in [0, 0.1) is 5.92 Å². The van der Waals surface area contributed by atoms with E-state index < -0.39 is 15.7 Å². The molecular weight excluding hydrogens is 351 g/mol. The lowest BCUT2D eigenvalue weighted by Gasteiger charge is -2.35. The van der Waals surface area contributed by atoms with E-state index in [2.05, 4.69) is 0 Å². The van der Waals surface area contributed by atoms with Crippen molar-refractivity contribution < 1.29 is 26.9 Å². The summed E-state index contributed by atoms with van der Waals surface area (Å²) in [4.78, 5) is 12.6. The fourth-order valence-corrected chi connectivity index (χ4v) is 5.28. The third kappa shape index (κ3) is 7.77. The Morgan fingerprint density at radius 1 is 1.17 bits per heavy atom. The van der Waals surface area contributed by atoms with Crippen molar-refractivity contribution in [1.29, 1.82) is 0 Å². The summed E-state index contributed by atoms with van der Waals surface area (Å²) in [5.74, 6) is 0.125. The second-order valence-electron chi connectivity index (χ2n) is 6.25. The Bertz CT molecular complexity index is 475. The summed E-state index contributed by atoms with van der Waals surface area (Å²) in [5.41, 5.74) is -0.980. The van der Waals surface area contributed by atoms with Crippen molar-refractivity contribution in [3.05, 3.63) is 0 Å². The van der Waals surface area contributed by atoms with Gasteiger partial charge in [-0.05, 0) is 26.2 Å². The molecule has 1 aliphatic carbocycles. The molecule has 0 saturated heterocycles. The topological polar surface area (TPSA) is 78.9 Å². The zero-order valence-electron chi connectivity index (χ0n) is 15.0. The molecule has 8 heteroatoms. The molecule has 6 nitrogen and oxygen atoms in total. The van der Waals surface area contributed by atoms with Gasteiger partial charge in [-0.25, -0.2) is 4.79 Å². The van der Waals surface area contributed by atoms with Crippen molar-refractivity contribution >= 4 is 24.7 Å². The fourth-order valence-electron chi connectivity index (χ4n) is 3.19. The number of hydrogen-bond acceptors (Lipinski definition) is 6. The molecule has 0 aliphatic heterocycles. The summed E-state index contributed by atoms with van der Waals surface area (Å²) >= 11 is 0. The molecule has 0 spiro atoms. The standard InChI is InChI=1S/C16H31O6PS/c1-4-20-15(17)16(21-5-2,11-14-9-7-6-8-10-14)12-23-13-22-24(3,18)19/h14,23H,4-13H2,1-3H3. The van der Waals surface area contributed by atoms with Crippen molar-refractivity contribution in [3.63, 3.8) is 0 Å². The third-order valence-electron chi connectivity index (χ3n) is 4.20. The summed E-state index contributed by atoms with van der Waals surface area (Å²) in [6, 6.07) is 0. The van der Waals surface area contributed by atoms with Crippen LogP contribution in [0.15, 0.2) is 0 Å². The highest BCUT2D eigenvalue weighted by molar-refractivity contribution is 7.86. The van der Waals surface area contributed by atoms with Gasteiger partial charge in [-0.2, -0.15) is 8.42 Å². The van der Waals surface area contributed by atoms with E-state index in [-0.39, 0.29) is 20.9 Å². The van der Waals surface area contributed by atoms with Crippen LogP contribution >= 0.6 is 8.58 Å². The molecule has 142 valence electrons. The molecular formula is C16H31O6PS. The largest absolute Gasteiger partial charge is 0.464 e. The number of carbonyl (C=O) groups excluding carboxylic acids is 1. The predicted octanol–water partition coefficient (Wildman–Crippen LogP) is 2.91. The van der Waals surface area contributed by atoms with Crippen molar-refractivity contribution in [2.45, 2.75) is 58.0 Å². The van der Waals surface area contributed by atoms with Gasteiger partial charge in [-0.15, -0.1) is 0 Å². The van der Waals surface area contributed by atoms with E-state index >= 15 is 0 Å². The van der Waals surface area contributed by atoms with Gasteiger partial charge < -0.3 is 9.47 Å². The van der Waals surface area contributed by atoms with Crippen molar-refractivity contribution in [3.8, 4) is 0 Å². The van der Waals surface area contributed by atoms with Crippen molar-refractivity contribution in [1.82, 2.24) is 0 Å². The van der Waals surface area contributed by atoms with Gasteiger partial charge in [0.15, 0.2) is 5.60 Å². The maximum atomic E-state index is 12.6. The molecule has 1 saturated carbocycles. The van der Waals surface area contributed by atoms with Crippen LogP contribution in [0.2, 0.25) is 0 Å². The number of ether oxygens (including phenoxy) is 2. The first-order chi connectivity index (χ1) is 11.3. The minimum Gasteiger partial charge on any atom is -0.464 e. The monoisotopic (exact) mass is 382 g/mol. The Balaban J connectivity index is 2.78. The van der Waals surface area contributed by atoms with Crippen LogP contribution < -0.4 is 0 Å². The van der Waals surface area contributed by atoms with E-state index in [0.29, 0.717) is 31.7 Å². The van der Waals surface area contributed by atoms with Gasteiger partial charge in [0.1, 0.15) is 0 Å². The molecule has 0 heterocycles. The average molecular weight is 382 g/mol. The zero-order chi connectivity index (χ0) is 18.1. The first-order valence-corrected chi connectivity index (χ1v) is 11.9. The van der Waals surface area contributed by atoms with Gasteiger partial charge in [0.2, 0.25) is 0 Å². The summed E-state index contributed by atoms with van der Waals surface area (Å²) in [6.07, 6.45) is 8.04. The molecule has 0 N–H and O–H groups in total. The van der Waals surface area contributed by atoms with Crippen molar-refractivity contribution in [2.75, 3.05) is 32.0 Å². The van der Waals surface area contributed by atoms with E-state index in [4.69, 9.17) is 13.7 Å². The van der Waals surface area contributed by atoms with Gasteiger partial charge in [0, 0.05) is 12.8 Å². The normalized spacial score (nSPS) is 19.5. The minimum absolute atomic E-state index is 0.0811. The quantitative estimate of drug-likeness (QED) is 0.237. The van der Waals surface area contributed by atoms with Crippen molar-refractivity contribution in [2.24, 2.45) is 5.92 Å². The van der Waals surface area contributed by atoms with Crippen LogP contribution in [0.4, 0.5) is 0 Å². The highest BCUT2D eigenvalue weighted by Crippen LogP contribution is 2.36. The van der Waals surface area contributed by atoms with Crippen LogP contribution in [0.1, 0.15) is 52.4 Å². The average Bonchev–Trinajstić information content (AvgIpc) is 2.52. The van der Waals surface area contributed by atoms with Gasteiger partial charge in [-0.1, -0.05) is 40.7 Å². The molecule has 0 bridgehead atoms. The maximum Gasteiger partial charge on any atom is 0.338 e. The van der Waals surface area contributed by atoms with Crippen LogP contribution in [0.5, 0.6) is 0 Å². The lowest BCUT2D eigenvalue weighted by Crippen LogP contribution is -2.47. The Hall–Kier alpha value is -0.230. The van der Waals surface area contributed by atoms with Gasteiger partial charge in [-0.3, -0.25) is 4.18 Å². The van der Waals surface area contributed by atoms with Crippen LogP contribution in [0.25, 0.3) is 0 Å². The van der Waals surface area contributed by atoms with Crippen LogP contribution in [-0.2, 0) is 28.6 Å². The third-order valence-corrected chi connectivity index (χ3v) is 6.12. The van der Waals surface area contributed by atoms with Crippen LogP contribution in [0.3, 0.4) is 0 Å². The molecule has 24 heavy (non-hydrogen) atoms. The molecule has 0 radical (unpaired) electrons. The Kier molecular flexibility index (Phi) is 9.72. The molecule has 2 atom stereocenters. The van der Waals surface area contributed by atoms with E-state index in [0.717, 1.165) is 19.1 Å². The summed E-state index contributed by atoms with van der Waals surface area (Å²) < 4.78 is 38.2. The Morgan fingerprint density at radius 3 is 2.38 bits per heavy atom. The maximum absolute atomic E-state index is 12.6. The molecule has 0 amide bonds. The van der Waals surface area contributed by atoms with E-state index in [1.54, 1.807) is 6.92 Å². The lowest BCUT2D eigenvalue weighted by atomic mass is 9.81. The van der Waals surface area contributed by atoms with Gasteiger partial charge in [0.25, 0.3) is 10.1 Å². The molecule has 1 aliphatic rings. The highest BCUT2D eigenvalue weighted by atomic mass is 32.2. The predicted molar refractivity (Wildman–Crippen MR) is 96.2 cm³/mol. The smallest absolute Gasteiger partial charge is 0.338 e. The summed E-state index contributed by atoms with van der Waals surface area (Å²) in [6.45, 7) is 4.37. The SMILES string of the molecule is CCOC(=O)C(CPCOS(C)(=O)=O)(CC1CCCCC1)OCC. The fraction of sp³-hybridized carbons (Fsp3) is 0.938. The van der Waals surface area contributed by atoms with E-state index in [1.807, 2.05) is 6.92 Å². The second-order valence-corrected chi connectivity index (χ2v) is 9.04. The van der Waals surface area contributed by atoms with E-state index in [1.165, 1.54) is 19.3 Å². The molecule has 0 aromatic carbocycles. The minimum atomic E-state index is -3.46. The zero-order valence-corrected chi connectivity index (χ0v) is 16.8. The molecule has 0 aromatic rings. The van der Waals surface area contributed by atoms with Gasteiger partial charge >= 0.3 is 5.97 Å². The number of hydrogen-bond donors (Lipinski definition) is 0. The number of esters is 1. The Labute approximate surface area is 147 Å². The molecule has 1 fully saturated rings. The number of carbonyl (C=O) groups is 1. The first kappa shape index (κ1) is 21.8. The summed E-state index contributed by atoms with van der Waals surface area (Å²) in [7, 11) is -3.30. The Morgan fingerprint density at radius 2 is 1.83 bits per heavy atom. The molecule has 1 rings (SSSR count). The van der Waals surface area contributed by atoms with Crippen LogP contribution in [-0.4, -0.2) is 52.0 Å². The first-order valence-electron chi connectivity index (χ1n) is 8.69. The second kappa shape index (κ2) is 10.7. The molecule has 0 aromatic heterocycles. The lowest BCUT2D eigenvalue weighted by molar-refractivity contribution is -0.171.